The number of sulfone groups is 1. The van der Waals surface area contributed by atoms with Crippen LogP contribution in [0, 0.1) is 11.3 Å². The Morgan fingerprint density at radius 3 is 2.55 bits per heavy atom. The molecule has 1 N–H and O–H groups in total. The Balaban J connectivity index is 1.74. The molecule has 0 aliphatic heterocycles. The number of carbonyl (C=O) groups is 1. The van der Waals surface area contributed by atoms with Gasteiger partial charge in [-0.2, -0.15) is 5.26 Å². The molecule has 1 amide bonds. The second-order valence-corrected chi connectivity index (χ2v) is 10.7. The lowest BCUT2D eigenvalue weighted by atomic mass is 10.1. The van der Waals surface area contributed by atoms with Crippen LogP contribution in [0.4, 0.5) is 5.13 Å². The molecule has 0 radical (unpaired) electrons. The summed E-state index contributed by atoms with van der Waals surface area (Å²) in [4.78, 5) is 12.4. The number of ether oxygens (including phenoxy) is 2. The number of carbonyl (C=O) groups excluding carboxylic acids is 1. The summed E-state index contributed by atoms with van der Waals surface area (Å²) in [5.74, 6) is 0.186. The van der Waals surface area contributed by atoms with Crippen LogP contribution in [-0.2, 0) is 21.2 Å². The normalized spacial score (nSPS) is 11.5. The number of aromatic nitrogens is 2. The Bertz CT molecular complexity index is 1350. The van der Waals surface area contributed by atoms with Crippen LogP contribution in [0.1, 0.15) is 11.1 Å². The van der Waals surface area contributed by atoms with Crippen molar-refractivity contribution in [2.75, 3.05) is 18.7 Å². The predicted octanol–water partition coefficient (Wildman–Crippen LogP) is 3.84. The van der Waals surface area contributed by atoms with E-state index < -0.39 is 15.7 Å². The Morgan fingerprint density at radius 2 is 1.94 bits per heavy atom. The van der Waals surface area contributed by atoms with Crippen molar-refractivity contribution < 1.29 is 22.7 Å². The van der Waals surface area contributed by atoms with Crippen molar-refractivity contribution in [2.45, 2.75) is 10.9 Å². The van der Waals surface area contributed by atoms with Crippen LogP contribution in [0.2, 0.25) is 0 Å². The average Bonchev–Trinajstić information content (AvgIpc) is 3.26. The Labute approximate surface area is 202 Å². The molecular weight excluding hydrogens is 532 g/mol. The molecule has 1 heterocycles. The van der Waals surface area contributed by atoms with E-state index in [9.17, 15) is 18.5 Å². The summed E-state index contributed by atoms with van der Waals surface area (Å²) in [6.45, 7) is 0.335. The van der Waals surface area contributed by atoms with Crippen molar-refractivity contribution in [1.29, 1.82) is 5.26 Å². The lowest BCUT2D eigenvalue weighted by Crippen LogP contribution is -2.13. The molecule has 0 atom stereocenters. The summed E-state index contributed by atoms with van der Waals surface area (Å²) in [5, 5.41) is 18.9. The van der Waals surface area contributed by atoms with E-state index in [0.717, 1.165) is 16.3 Å². The maximum atomic E-state index is 12.4. The number of amides is 1. The quantitative estimate of drug-likeness (QED) is 0.255. The largest absolute Gasteiger partial charge is 0.493 e. The molecule has 9 nitrogen and oxygen atoms in total. The summed E-state index contributed by atoms with van der Waals surface area (Å²) >= 11 is 4.08. The number of hydrogen-bond donors (Lipinski definition) is 1. The zero-order chi connectivity index (χ0) is 24.0. The molecule has 2 aromatic carbocycles. The van der Waals surface area contributed by atoms with E-state index in [1.54, 1.807) is 18.2 Å². The number of hydrogen-bond acceptors (Lipinski definition) is 9. The molecule has 0 saturated heterocycles. The second-order valence-electron chi connectivity index (χ2n) is 6.59. The summed E-state index contributed by atoms with van der Waals surface area (Å²) in [6, 6.07) is 14.5. The van der Waals surface area contributed by atoms with Crippen molar-refractivity contribution in [3.8, 4) is 17.6 Å². The third-order valence-electron chi connectivity index (χ3n) is 4.12. The minimum absolute atomic E-state index is 0.0316. The van der Waals surface area contributed by atoms with Crippen LogP contribution in [0.5, 0.6) is 11.5 Å². The molecule has 0 aliphatic carbocycles. The first-order valence-corrected chi connectivity index (χ1v) is 12.7. The molecule has 0 saturated carbocycles. The minimum Gasteiger partial charge on any atom is -0.493 e. The maximum absolute atomic E-state index is 12.4. The zero-order valence-electron chi connectivity index (χ0n) is 17.4. The fourth-order valence-corrected chi connectivity index (χ4v) is 4.29. The van der Waals surface area contributed by atoms with Crippen LogP contribution < -0.4 is 14.8 Å². The highest BCUT2D eigenvalue weighted by molar-refractivity contribution is 9.10. The maximum Gasteiger partial charge on any atom is 0.268 e. The Hall–Kier alpha value is -3.27. The summed E-state index contributed by atoms with van der Waals surface area (Å²) in [5.41, 5.74) is 1.30. The smallest absolute Gasteiger partial charge is 0.268 e. The molecule has 12 heteroatoms. The molecule has 0 spiro atoms. The second kappa shape index (κ2) is 10.6. The molecule has 170 valence electrons. The lowest BCUT2D eigenvalue weighted by Gasteiger charge is -2.11. The van der Waals surface area contributed by atoms with E-state index in [2.05, 4.69) is 31.4 Å². The molecule has 0 aliphatic rings. The van der Waals surface area contributed by atoms with Gasteiger partial charge < -0.3 is 9.47 Å². The molecule has 33 heavy (non-hydrogen) atoms. The molecule has 0 unspecified atom stereocenters. The van der Waals surface area contributed by atoms with Crippen LogP contribution in [-0.4, -0.2) is 37.9 Å². The number of nitriles is 1. The predicted molar refractivity (Wildman–Crippen MR) is 127 cm³/mol. The van der Waals surface area contributed by atoms with Crippen LogP contribution in [0.3, 0.4) is 0 Å². The molecule has 0 bridgehead atoms. The van der Waals surface area contributed by atoms with Crippen LogP contribution >= 0.6 is 27.3 Å². The van der Waals surface area contributed by atoms with Gasteiger partial charge in [-0.1, -0.05) is 45.5 Å². The van der Waals surface area contributed by atoms with Crippen molar-refractivity contribution in [3.05, 3.63) is 63.6 Å². The van der Waals surface area contributed by atoms with Gasteiger partial charge in [-0.05, 0) is 41.5 Å². The summed E-state index contributed by atoms with van der Waals surface area (Å²) in [7, 11) is -2.05. The molecular formula is C21H17BrN4O5S2. The van der Waals surface area contributed by atoms with Gasteiger partial charge in [-0.25, -0.2) is 8.42 Å². The number of halogens is 1. The molecule has 3 rings (SSSR count). The Kier molecular flexibility index (Phi) is 7.80. The summed E-state index contributed by atoms with van der Waals surface area (Å²) < 4.78 is 34.9. The highest BCUT2D eigenvalue weighted by atomic mass is 79.9. The number of rotatable bonds is 8. The van der Waals surface area contributed by atoms with E-state index in [4.69, 9.17) is 9.47 Å². The zero-order valence-corrected chi connectivity index (χ0v) is 20.6. The third-order valence-corrected chi connectivity index (χ3v) is 7.15. The topological polar surface area (TPSA) is 131 Å². The van der Waals surface area contributed by atoms with Gasteiger partial charge in [0.25, 0.3) is 5.91 Å². The molecule has 0 fully saturated rings. The van der Waals surface area contributed by atoms with Crippen molar-refractivity contribution in [2.24, 2.45) is 0 Å². The van der Waals surface area contributed by atoms with Gasteiger partial charge in [0.1, 0.15) is 18.2 Å². The van der Waals surface area contributed by atoms with Gasteiger partial charge >= 0.3 is 0 Å². The van der Waals surface area contributed by atoms with Crippen LogP contribution in [0.15, 0.2) is 56.9 Å². The number of benzene rings is 2. The van der Waals surface area contributed by atoms with E-state index in [0.29, 0.717) is 35.0 Å². The standard InChI is InChI=1S/C21H17BrN4O5S2/c1-30-18-10-14(5-8-17(18)31-12-13-3-6-16(22)7-4-13)9-15(11-23)19(27)24-20-25-26-21(32-20)33(2,28)29/h3-10H,12H2,1-2H3,(H,24,25,27)/b15-9-. The third kappa shape index (κ3) is 6.61. The van der Waals surface area contributed by atoms with E-state index in [-0.39, 0.29) is 15.0 Å². The molecule has 1 aromatic heterocycles. The number of nitrogens with zero attached hydrogens (tertiary/aromatic N) is 3. The van der Waals surface area contributed by atoms with Gasteiger partial charge in [0, 0.05) is 10.7 Å². The fraction of sp³-hybridized carbons (Fsp3) is 0.143. The number of nitrogens with one attached hydrogen (secondary N) is 1. The van der Waals surface area contributed by atoms with Gasteiger partial charge in [0.05, 0.1) is 7.11 Å². The van der Waals surface area contributed by atoms with Crippen molar-refractivity contribution >= 4 is 54.2 Å². The minimum atomic E-state index is -3.54. The highest BCUT2D eigenvalue weighted by Crippen LogP contribution is 2.30. The van der Waals surface area contributed by atoms with Gasteiger partial charge in [-0.3, -0.25) is 10.1 Å². The first-order valence-electron chi connectivity index (χ1n) is 9.21. The lowest BCUT2D eigenvalue weighted by molar-refractivity contribution is -0.112. The van der Waals surface area contributed by atoms with E-state index >= 15 is 0 Å². The number of methoxy groups -OCH3 is 1. The van der Waals surface area contributed by atoms with Gasteiger partial charge in [-0.15, -0.1) is 10.2 Å². The van der Waals surface area contributed by atoms with Crippen LogP contribution in [0.25, 0.3) is 6.08 Å². The van der Waals surface area contributed by atoms with Crippen molar-refractivity contribution in [3.63, 3.8) is 0 Å². The summed E-state index contributed by atoms with van der Waals surface area (Å²) in [6.07, 6.45) is 2.36. The van der Waals surface area contributed by atoms with E-state index in [1.807, 2.05) is 30.3 Å². The molecule has 3 aromatic rings. The average molecular weight is 549 g/mol. The van der Waals surface area contributed by atoms with Gasteiger partial charge in [0.15, 0.2) is 11.5 Å². The van der Waals surface area contributed by atoms with Crippen molar-refractivity contribution in [1.82, 2.24) is 10.2 Å². The SMILES string of the molecule is COc1cc(/C=C(/C#N)C(=O)Nc2nnc(S(C)(=O)=O)s2)ccc1OCc1ccc(Br)cc1. The van der Waals surface area contributed by atoms with E-state index in [1.165, 1.54) is 13.2 Å². The van der Waals surface area contributed by atoms with Gasteiger partial charge in [0.2, 0.25) is 19.3 Å². The first kappa shape index (κ1) is 24.4. The Morgan fingerprint density at radius 1 is 1.21 bits per heavy atom. The number of anilines is 1. The fourth-order valence-electron chi connectivity index (χ4n) is 2.52. The first-order chi connectivity index (χ1) is 15.7. The monoisotopic (exact) mass is 548 g/mol. The highest BCUT2D eigenvalue weighted by Gasteiger charge is 2.17.